The predicted molar refractivity (Wildman–Crippen MR) is 130 cm³/mol. The fourth-order valence-electron chi connectivity index (χ4n) is 5.03. The molecule has 0 radical (unpaired) electrons. The summed E-state index contributed by atoms with van der Waals surface area (Å²) in [6, 6.07) is 0. The Bertz CT molecular complexity index is 783. The van der Waals surface area contributed by atoms with Crippen molar-refractivity contribution in [3.05, 3.63) is 23.2 Å². The minimum Gasteiger partial charge on any atom is -0.461 e. The summed E-state index contributed by atoms with van der Waals surface area (Å²) in [5.74, 6) is 1.73. The third-order valence-corrected chi connectivity index (χ3v) is 8.72. The van der Waals surface area contributed by atoms with Crippen LogP contribution in [-0.2, 0) is 9.53 Å². The number of Topliss-reactive ketones (excluding diaryl/α,β-unsaturated/α-hetero) is 1. The number of rotatable bonds is 11. The normalized spacial score (nSPS) is 24.2. The molecule has 3 atom stereocenters. The van der Waals surface area contributed by atoms with Crippen molar-refractivity contribution in [1.82, 2.24) is 4.98 Å². The maximum absolute atomic E-state index is 12.4. The van der Waals surface area contributed by atoms with Crippen LogP contribution in [0.15, 0.2) is 21.9 Å². The number of ketones is 1. The lowest BCUT2D eigenvalue weighted by Gasteiger charge is -2.30. The number of aromatic nitrogens is 1. The van der Waals surface area contributed by atoms with Crippen molar-refractivity contribution in [3.8, 4) is 0 Å². The first-order valence-electron chi connectivity index (χ1n) is 12.0. The first kappa shape index (κ1) is 25.4. The standard InChI is InChI=1S/C25H37NO4S2/c1-3-30-23(28)21-17-32-24(26-21)31-15-13-20-19(11-12-22(20)27)10-7-14-25(2,29)16-18-8-5-4-6-9-18/h7,10,17-20,29H,3-6,8-9,11-16H2,1-2H3/t19-,20+,25+/m0/s1. The van der Waals surface area contributed by atoms with E-state index in [2.05, 4.69) is 17.1 Å². The van der Waals surface area contributed by atoms with Crippen LogP contribution < -0.4 is 0 Å². The van der Waals surface area contributed by atoms with Crippen LogP contribution in [0.2, 0.25) is 0 Å². The van der Waals surface area contributed by atoms with Gasteiger partial charge in [0.2, 0.25) is 0 Å². The van der Waals surface area contributed by atoms with Crippen molar-refractivity contribution in [2.45, 2.75) is 88.0 Å². The van der Waals surface area contributed by atoms with Gasteiger partial charge in [0.15, 0.2) is 10.0 Å². The first-order valence-corrected chi connectivity index (χ1v) is 13.9. The second-order valence-corrected chi connectivity index (χ2v) is 11.7. The molecule has 0 amide bonds. The van der Waals surface area contributed by atoms with Gasteiger partial charge in [-0.25, -0.2) is 9.78 Å². The highest BCUT2D eigenvalue weighted by Gasteiger charge is 2.33. The van der Waals surface area contributed by atoms with Crippen LogP contribution in [0.3, 0.4) is 0 Å². The molecule has 5 nitrogen and oxygen atoms in total. The maximum atomic E-state index is 12.4. The number of carbonyl (C=O) groups excluding carboxylic acids is 2. The fourth-order valence-corrected chi connectivity index (χ4v) is 6.92. The molecule has 1 N–H and O–H groups in total. The van der Waals surface area contributed by atoms with E-state index >= 15 is 0 Å². The topological polar surface area (TPSA) is 76.5 Å². The Kier molecular flexibility index (Phi) is 9.80. The summed E-state index contributed by atoms with van der Waals surface area (Å²) in [5, 5.41) is 12.6. The smallest absolute Gasteiger partial charge is 0.357 e. The van der Waals surface area contributed by atoms with Gasteiger partial charge >= 0.3 is 5.97 Å². The summed E-state index contributed by atoms with van der Waals surface area (Å²) >= 11 is 3.04. The van der Waals surface area contributed by atoms with Gasteiger partial charge in [-0.1, -0.05) is 56.0 Å². The Labute approximate surface area is 200 Å². The van der Waals surface area contributed by atoms with Gasteiger partial charge in [0.25, 0.3) is 0 Å². The van der Waals surface area contributed by atoms with E-state index in [0.717, 1.165) is 29.4 Å². The lowest BCUT2D eigenvalue weighted by atomic mass is 9.80. The zero-order chi connectivity index (χ0) is 23.0. The molecule has 178 valence electrons. The van der Waals surface area contributed by atoms with E-state index in [0.29, 0.717) is 36.8 Å². The average Bonchev–Trinajstić information content (AvgIpc) is 3.36. The fraction of sp³-hybridized carbons (Fsp3) is 0.720. The number of hydrogen-bond acceptors (Lipinski definition) is 7. The van der Waals surface area contributed by atoms with Crippen molar-refractivity contribution in [1.29, 1.82) is 0 Å². The van der Waals surface area contributed by atoms with Gasteiger partial charge < -0.3 is 9.84 Å². The van der Waals surface area contributed by atoms with Crippen LogP contribution in [0.25, 0.3) is 0 Å². The molecule has 2 aliphatic carbocycles. The predicted octanol–water partition coefficient (Wildman–Crippen LogP) is 6.07. The van der Waals surface area contributed by atoms with Gasteiger partial charge in [0, 0.05) is 23.5 Å². The van der Waals surface area contributed by atoms with Crippen LogP contribution in [0.4, 0.5) is 0 Å². The summed E-state index contributed by atoms with van der Waals surface area (Å²) in [4.78, 5) is 28.5. The van der Waals surface area contributed by atoms with E-state index in [1.807, 2.05) is 6.92 Å². The molecule has 0 bridgehead atoms. The van der Waals surface area contributed by atoms with Crippen molar-refractivity contribution in [2.75, 3.05) is 12.4 Å². The maximum Gasteiger partial charge on any atom is 0.357 e. The molecule has 2 aliphatic rings. The van der Waals surface area contributed by atoms with E-state index in [1.54, 1.807) is 24.1 Å². The molecule has 0 saturated heterocycles. The number of esters is 1. The number of thiazole rings is 1. The number of ether oxygens (including phenoxy) is 1. The SMILES string of the molecule is CCOC(=O)c1csc(SCC[C@H]2C(=O)CC[C@@H]2C=CC[C@@](C)(O)CC2CCCCC2)n1. The van der Waals surface area contributed by atoms with Crippen LogP contribution in [0, 0.1) is 17.8 Å². The summed E-state index contributed by atoms with van der Waals surface area (Å²) in [5.41, 5.74) is -0.300. The summed E-state index contributed by atoms with van der Waals surface area (Å²) in [6.07, 6.45) is 14.6. The molecule has 2 saturated carbocycles. The quantitative estimate of drug-likeness (QED) is 0.236. The van der Waals surface area contributed by atoms with E-state index in [4.69, 9.17) is 4.74 Å². The van der Waals surface area contributed by atoms with Gasteiger partial charge in [-0.15, -0.1) is 11.3 Å². The molecule has 2 fully saturated rings. The summed E-state index contributed by atoms with van der Waals surface area (Å²) in [7, 11) is 0. The Balaban J connectivity index is 1.44. The molecule has 0 unspecified atom stereocenters. The minimum atomic E-state index is -0.659. The minimum absolute atomic E-state index is 0.0477. The highest BCUT2D eigenvalue weighted by atomic mass is 32.2. The highest BCUT2D eigenvalue weighted by Crippen LogP contribution is 2.36. The third-order valence-electron chi connectivity index (χ3n) is 6.67. The molecule has 32 heavy (non-hydrogen) atoms. The summed E-state index contributed by atoms with van der Waals surface area (Å²) in [6.45, 7) is 4.08. The van der Waals surface area contributed by atoms with Crippen molar-refractivity contribution in [2.24, 2.45) is 17.8 Å². The van der Waals surface area contributed by atoms with Gasteiger partial charge in [-0.2, -0.15) is 0 Å². The number of hydrogen-bond donors (Lipinski definition) is 1. The Morgan fingerprint density at radius 3 is 2.88 bits per heavy atom. The number of thioether (sulfide) groups is 1. The Hall–Kier alpha value is -1.18. The molecule has 0 aromatic carbocycles. The Morgan fingerprint density at radius 2 is 2.12 bits per heavy atom. The number of nitrogens with zero attached hydrogens (tertiary/aromatic N) is 1. The number of carbonyl (C=O) groups is 2. The highest BCUT2D eigenvalue weighted by molar-refractivity contribution is 8.01. The first-order chi connectivity index (χ1) is 15.4. The van der Waals surface area contributed by atoms with Gasteiger partial charge in [0.1, 0.15) is 5.78 Å². The number of aliphatic hydroxyl groups is 1. The van der Waals surface area contributed by atoms with Gasteiger partial charge in [-0.05, 0) is 51.4 Å². The molecule has 1 heterocycles. The van der Waals surface area contributed by atoms with Gasteiger partial charge in [-0.3, -0.25) is 4.79 Å². The van der Waals surface area contributed by atoms with Gasteiger partial charge in [0.05, 0.1) is 12.2 Å². The Morgan fingerprint density at radius 1 is 1.34 bits per heavy atom. The lowest BCUT2D eigenvalue weighted by molar-refractivity contribution is -0.121. The van der Waals surface area contributed by atoms with Crippen LogP contribution >= 0.6 is 23.1 Å². The van der Waals surface area contributed by atoms with Crippen LogP contribution in [0.5, 0.6) is 0 Å². The van der Waals surface area contributed by atoms with E-state index < -0.39 is 5.60 Å². The largest absolute Gasteiger partial charge is 0.461 e. The molecule has 1 aromatic heterocycles. The van der Waals surface area contributed by atoms with E-state index in [-0.39, 0.29) is 17.8 Å². The zero-order valence-electron chi connectivity index (χ0n) is 19.4. The van der Waals surface area contributed by atoms with Crippen molar-refractivity contribution >= 4 is 34.9 Å². The average molecular weight is 480 g/mol. The zero-order valence-corrected chi connectivity index (χ0v) is 21.0. The van der Waals surface area contributed by atoms with Crippen molar-refractivity contribution < 1.29 is 19.4 Å². The molecule has 7 heteroatoms. The molecular formula is C25H37NO4S2. The lowest BCUT2D eigenvalue weighted by Crippen LogP contribution is -2.28. The molecule has 0 spiro atoms. The van der Waals surface area contributed by atoms with E-state index in [1.165, 1.54) is 43.4 Å². The third kappa shape index (κ3) is 7.70. The monoisotopic (exact) mass is 479 g/mol. The summed E-state index contributed by atoms with van der Waals surface area (Å²) < 4.78 is 5.82. The molecule has 0 aliphatic heterocycles. The molecular weight excluding hydrogens is 442 g/mol. The van der Waals surface area contributed by atoms with Crippen LogP contribution in [0.1, 0.15) is 88.5 Å². The van der Waals surface area contributed by atoms with E-state index in [9.17, 15) is 14.7 Å². The second-order valence-electron chi connectivity index (χ2n) is 9.47. The second kappa shape index (κ2) is 12.3. The van der Waals surface area contributed by atoms with Crippen molar-refractivity contribution in [3.63, 3.8) is 0 Å². The molecule has 1 aromatic rings. The number of allylic oxidation sites excluding steroid dienone is 1. The van der Waals surface area contributed by atoms with Crippen LogP contribution in [-0.4, -0.2) is 39.8 Å². The molecule has 3 rings (SSSR count).